The van der Waals surface area contributed by atoms with Gasteiger partial charge in [-0.05, 0) is 48.8 Å². The number of hydrogen-bond acceptors (Lipinski definition) is 6. The van der Waals surface area contributed by atoms with Gasteiger partial charge in [-0.2, -0.15) is 0 Å². The van der Waals surface area contributed by atoms with E-state index in [-0.39, 0.29) is 0 Å². The molecule has 4 atom stereocenters. The first-order valence-corrected chi connectivity index (χ1v) is 12.8. The molecule has 1 heterocycles. The van der Waals surface area contributed by atoms with Crippen LogP contribution in [-0.2, 0) is 28.5 Å². The van der Waals surface area contributed by atoms with Crippen LogP contribution in [0.4, 0.5) is 0 Å². The smallest absolute Gasteiger partial charge is 0.331 e. The molecule has 0 spiro atoms. The lowest BCUT2D eigenvalue weighted by atomic mass is 9.97. The maximum absolute atomic E-state index is 12.9. The molecule has 3 aromatic rings. The fourth-order valence-corrected chi connectivity index (χ4v) is 4.32. The maximum atomic E-state index is 12.9. The van der Waals surface area contributed by atoms with Crippen molar-refractivity contribution in [1.29, 1.82) is 0 Å². The number of rotatable bonds is 10. The topological polar surface area (TPSA) is 71.1 Å². The minimum Gasteiger partial charge on any atom is -0.452 e. The Hall–Kier alpha value is -4.26. The normalized spacial score (nSPS) is 19.9. The molecule has 0 saturated carbocycles. The molecule has 1 aliphatic heterocycles. The first-order chi connectivity index (χ1) is 18.8. The molecular formula is C33H32O6. The Morgan fingerprint density at radius 1 is 0.744 bits per heavy atom. The van der Waals surface area contributed by atoms with Crippen LogP contribution >= 0.6 is 0 Å². The number of carbonyl (C=O) groups is 2. The first kappa shape index (κ1) is 27.8. The van der Waals surface area contributed by atoms with Crippen LogP contribution in [0, 0.1) is 0 Å². The van der Waals surface area contributed by atoms with Crippen molar-refractivity contribution in [2.45, 2.75) is 44.1 Å². The van der Waals surface area contributed by atoms with Crippen LogP contribution < -0.4 is 0 Å². The molecule has 1 fully saturated rings. The Balaban J connectivity index is 1.56. The van der Waals surface area contributed by atoms with Gasteiger partial charge in [-0.3, -0.25) is 0 Å². The van der Waals surface area contributed by atoms with E-state index >= 15 is 0 Å². The Morgan fingerprint density at radius 2 is 1.21 bits per heavy atom. The molecule has 0 unspecified atom stereocenters. The Morgan fingerprint density at radius 3 is 1.72 bits per heavy atom. The summed E-state index contributed by atoms with van der Waals surface area (Å²) in [5, 5.41) is 0. The van der Waals surface area contributed by atoms with Crippen molar-refractivity contribution in [3.05, 3.63) is 132 Å². The SMILES string of the molecule is C=C[C@@H](OC(=O)/C=C/c1ccccc1)[C@@H]1OC(C)(C)O[C@H]1[C@@H](OC(=O)/C=C/c1ccccc1)c1ccccc1. The van der Waals surface area contributed by atoms with E-state index in [0.717, 1.165) is 11.1 Å². The monoisotopic (exact) mass is 524 g/mol. The van der Waals surface area contributed by atoms with E-state index < -0.39 is 42.1 Å². The zero-order chi connectivity index (χ0) is 27.7. The molecule has 3 aromatic carbocycles. The van der Waals surface area contributed by atoms with Crippen molar-refractivity contribution in [3.63, 3.8) is 0 Å². The summed E-state index contributed by atoms with van der Waals surface area (Å²) in [4.78, 5) is 25.6. The van der Waals surface area contributed by atoms with Crippen LogP contribution in [0.2, 0.25) is 0 Å². The lowest BCUT2D eigenvalue weighted by molar-refractivity contribution is -0.171. The van der Waals surface area contributed by atoms with Gasteiger partial charge in [-0.25, -0.2) is 9.59 Å². The highest BCUT2D eigenvalue weighted by Crippen LogP contribution is 2.39. The van der Waals surface area contributed by atoms with Crippen LogP contribution in [-0.4, -0.2) is 36.0 Å². The second kappa shape index (κ2) is 13.0. The molecule has 0 aliphatic carbocycles. The average molecular weight is 525 g/mol. The fraction of sp³-hybridized carbons (Fsp3) is 0.212. The molecule has 0 aromatic heterocycles. The van der Waals surface area contributed by atoms with Crippen molar-refractivity contribution >= 4 is 24.1 Å². The molecule has 39 heavy (non-hydrogen) atoms. The third-order valence-corrected chi connectivity index (χ3v) is 6.06. The zero-order valence-corrected chi connectivity index (χ0v) is 22.0. The lowest BCUT2D eigenvalue weighted by Crippen LogP contribution is -2.41. The van der Waals surface area contributed by atoms with Crippen LogP contribution in [0.25, 0.3) is 12.2 Å². The third kappa shape index (κ3) is 7.87. The molecule has 0 radical (unpaired) electrons. The predicted octanol–water partition coefficient (Wildman–Crippen LogP) is 6.32. The van der Waals surface area contributed by atoms with E-state index in [2.05, 4.69) is 6.58 Å². The summed E-state index contributed by atoms with van der Waals surface area (Å²) in [7, 11) is 0. The van der Waals surface area contributed by atoms with Crippen LogP contribution in [0.1, 0.15) is 36.6 Å². The summed E-state index contributed by atoms with van der Waals surface area (Å²) < 4.78 is 24.1. The van der Waals surface area contributed by atoms with Gasteiger partial charge in [0, 0.05) is 12.2 Å². The number of ether oxygens (including phenoxy) is 4. The van der Waals surface area contributed by atoms with E-state index in [9.17, 15) is 9.59 Å². The molecule has 1 saturated heterocycles. The second-order valence-corrected chi connectivity index (χ2v) is 9.46. The lowest BCUT2D eigenvalue weighted by Gasteiger charge is -2.29. The summed E-state index contributed by atoms with van der Waals surface area (Å²) in [5.74, 6) is -2.13. The van der Waals surface area contributed by atoms with E-state index in [0.29, 0.717) is 5.56 Å². The van der Waals surface area contributed by atoms with Gasteiger partial charge in [0.15, 0.2) is 11.9 Å². The highest BCUT2D eigenvalue weighted by atomic mass is 16.8. The maximum Gasteiger partial charge on any atom is 0.331 e. The Labute approximate surface area is 229 Å². The van der Waals surface area contributed by atoms with Crippen molar-refractivity contribution in [1.82, 2.24) is 0 Å². The zero-order valence-electron chi connectivity index (χ0n) is 22.0. The van der Waals surface area contributed by atoms with Crippen molar-refractivity contribution < 1.29 is 28.5 Å². The largest absolute Gasteiger partial charge is 0.452 e. The molecule has 1 aliphatic rings. The van der Waals surface area contributed by atoms with Crippen molar-refractivity contribution in [2.24, 2.45) is 0 Å². The summed E-state index contributed by atoms with van der Waals surface area (Å²) in [6, 6.07) is 28.2. The van der Waals surface area contributed by atoms with Gasteiger partial charge in [-0.1, -0.05) is 97.6 Å². The molecule has 0 bridgehead atoms. The molecule has 200 valence electrons. The Kier molecular flexibility index (Phi) is 9.26. The minimum atomic E-state index is -1.03. The van der Waals surface area contributed by atoms with E-state index in [1.165, 1.54) is 18.2 Å². The van der Waals surface area contributed by atoms with E-state index in [1.54, 1.807) is 26.0 Å². The second-order valence-electron chi connectivity index (χ2n) is 9.46. The summed E-state index contributed by atoms with van der Waals surface area (Å²) in [5.41, 5.74) is 2.45. The highest BCUT2D eigenvalue weighted by Gasteiger charge is 2.50. The summed E-state index contributed by atoms with van der Waals surface area (Å²) in [6.07, 6.45) is 4.30. The van der Waals surface area contributed by atoms with Gasteiger partial charge < -0.3 is 18.9 Å². The molecule has 6 nitrogen and oxygen atoms in total. The highest BCUT2D eigenvalue weighted by molar-refractivity contribution is 5.87. The van der Waals surface area contributed by atoms with E-state index in [1.807, 2.05) is 91.0 Å². The number of esters is 2. The minimum absolute atomic E-state index is 0.544. The van der Waals surface area contributed by atoms with Crippen molar-refractivity contribution in [2.75, 3.05) is 0 Å². The van der Waals surface area contributed by atoms with Crippen LogP contribution in [0.3, 0.4) is 0 Å². The quantitative estimate of drug-likeness (QED) is 0.176. The molecule has 6 heteroatoms. The third-order valence-electron chi connectivity index (χ3n) is 6.06. The van der Waals surface area contributed by atoms with Gasteiger partial charge in [-0.15, -0.1) is 0 Å². The van der Waals surface area contributed by atoms with Gasteiger partial charge in [0.25, 0.3) is 0 Å². The molecule has 4 rings (SSSR count). The predicted molar refractivity (Wildman–Crippen MR) is 150 cm³/mol. The van der Waals surface area contributed by atoms with Crippen molar-refractivity contribution in [3.8, 4) is 0 Å². The number of hydrogen-bond donors (Lipinski definition) is 0. The summed E-state index contributed by atoms with van der Waals surface area (Å²) in [6.45, 7) is 7.38. The molecule has 0 N–H and O–H groups in total. The summed E-state index contributed by atoms with van der Waals surface area (Å²) >= 11 is 0. The average Bonchev–Trinajstić information content (AvgIpc) is 3.28. The fourth-order valence-electron chi connectivity index (χ4n) is 4.32. The van der Waals surface area contributed by atoms with Crippen LogP contribution in [0.5, 0.6) is 0 Å². The Bertz CT molecular complexity index is 1300. The van der Waals surface area contributed by atoms with E-state index in [4.69, 9.17) is 18.9 Å². The van der Waals surface area contributed by atoms with Gasteiger partial charge >= 0.3 is 11.9 Å². The van der Waals surface area contributed by atoms with Gasteiger partial charge in [0.05, 0.1) is 0 Å². The molecule has 0 amide bonds. The standard InChI is InChI=1S/C33H32O6/c1-4-27(36-28(34)22-20-24-14-8-5-9-15-24)31-32(39-33(2,3)38-31)30(26-18-12-7-13-19-26)37-29(35)23-21-25-16-10-6-11-17-25/h4-23,27,30-32H,1H2,2-3H3/b22-20+,23-21+/t27-,30+,31+,32+/m1/s1. The van der Waals surface area contributed by atoms with Gasteiger partial charge in [0.2, 0.25) is 0 Å². The number of benzene rings is 3. The number of carbonyl (C=O) groups excluding carboxylic acids is 2. The van der Waals surface area contributed by atoms with Crippen LogP contribution in [0.15, 0.2) is 116 Å². The first-order valence-electron chi connectivity index (χ1n) is 12.8. The van der Waals surface area contributed by atoms with Gasteiger partial charge in [0.1, 0.15) is 18.3 Å². The molecular weight excluding hydrogens is 492 g/mol.